The summed E-state index contributed by atoms with van der Waals surface area (Å²) < 4.78 is 48.8. The summed E-state index contributed by atoms with van der Waals surface area (Å²) in [6, 6.07) is 4.04. The summed E-state index contributed by atoms with van der Waals surface area (Å²) in [4.78, 5) is 73.1. The van der Waals surface area contributed by atoms with Crippen molar-refractivity contribution >= 4 is 41.3 Å². The number of ether oxygens (including phenoxy) is 9. The van der Waals surface area contributed by atoms with Crippen molar-refractivity contribution in [3.05, 3.63) is 29.8 Å². The van der Waals surface area contributed by atoms with Gasteiger partial charge in [-0.1, -0.05) is 26.0 Å². The quantitative estimate of drug-likeness (QED) is 0.0336. The summed E-state index contributed by atoms with van der Waals surface area (Å²) >= 11 is 0. The first-order valence-electron chi connectivity index (χ1n) is 22.1. The minimum Gasteiger partial charge on any atom is -0.461 e. The van der Waals surface area contributed by atoms with Crippen molar-refractivity contribution in [3.8, 4) is 0 Å². The van der Waals surface area contributed by atoms with Crippen molar-refractivity contribution in [1.29, 1.82) is 0 Å². The van der Waals surface area contributed by atoms with E-state index in [1.807, 2.05) is 0 Å². The molecule has 372 valence electrons. The molecule has 0 saturated heterocycles. The molecule has 22 nitrogen and oxygen atoms in total. The van der Waals surface area contributed by atoms with Crippen LogP contribution in [0.25, 0.3) is 0 Å². The molecule has 0 bridgehead atoms. The van der Waals surface area contributed by atoms with Crippen LogP contribution in [0, 0.1) is 5.92 Å². The van der Waals surface area contributed by atoms with E-state index in [2.05, 4.69) is 31.9 Å². The smallest absolute Gasteiger partial charge is 0.312 e. The van der Waals surface area contributed by atoms with Gasteiger partial charge in [-0.25, -0.2) is 4.79 Å². The van der Waals surface area contributed by atoms with E-state index in [0.29, 0.717) is 124 Å². The largest absolute Gasteiger partial charge is 0.461 e. The number of anilines is 1. The molecule has 0 heterocycles. The lowest BCUT2D eigenvalue weighted by atomic mass is 10.0. The van der Waals surface area contributed by atoms with Gasteiger partial charge in [-0.05, 0) is 43.5 Å². The van der Waals surface area contributed by atoms with Crippen molar-refractivity contribution < 1.29 is 71.4 Å². The Morgan fingerprint density at radius 1 is 0.569 bits per heavy atom. The molecule has 1 aromatic rings. The predicted octanol–water partition coefficient (Wildman–Crippen LogP) is 0.0109. The number of urea groups is 1. The molecule has 65 heavy (non-hydrogen) atoms. The topological polar surface area (TPSA) is 284 Å². The van der Waals surface area contributed by atoms with Crippen molar-refractivity contribution in [3.63, 3.8) is 0 Å². The number of nitrogens with two attached hydrogens (primary N) is 1. The van der Waals surface area contributed by atoms with Gasteiger partial charge < -0.3 is 80.3 Å². The average Bonchev–Trinajstić information content (AvgIpc) is 3.27. The van der Waals surface area contributed by atoms with Crippen molar-refractivity contribution in [2.24, 2.45) is 11.7 Å². The fourth-order valence-electron chi connectivity index (χ4n) is 5.32. The number of hydrogen-bond donors (Lipinski definition) is 7. The molecule has 0 unspecified atom stereocenters. The summed E-state index contributed by atoms with van der Waals surface area (Å²) in [5, 5.41) is 16.4. The number of rotatable bonds is 42. The maximum Gasteiger partial charge on any atom is 0.312 e. The second kappa shape index (κ2) is 39.8. The fourth-order valence-corrected chi connectivity index (χ4v) is 5.32. The van der Waals surface area contributed by atoms with E-state index in [0.717, 1.165) is 5.56 Å². The van der Waals surface area contributed by atoms with E-state index in [-0.39, 0.29) is 51.0 Å². The SMILES string of the molecule is CNCCC(=O)NCCOCCOCCOCCOCCOCCOCCOCCOCCC(=O)N[C@H](C(=O)N[C@@H](CCCNC(N)=O)C(=O)Nc1ccc(COC(C)=O)cc1)C(C)C. The molecule has 0 aliphatic carbocycles. The highest BCUT2D eigenvalue weighted by atomic mass is 16.6. The van der Waals surface area contributed by atoms with Gasteiger partial charge in [-0.15, -0.1) is 0 Å². The third kappa shape index (κ3) is 34.5. The summed E-state index contributed by atoms with van der Waals surface area (Å²) in [6.07, 6.45) is 0.958. The molecule has 0 spiro atoms. The molecule has 6 amide bonds. The Bertz CT molecular complexity index is 1440. The molecule has 2 atom stereocenters. The van der Waals surface area contributed by atoms with E-state index in [1.165, 1.54) is 6.92 Å². The first-order valence-corrected chi connectivity index (χ1v) is 22.1. The summed E-state index contributed by atoms with van der Waals surface area (Å²) in [5.41, 5.74) is 6.33. The zero-order chi connectivity index (χ0) is 47.8. The van der Waals surface area contributed by atoms with Crippen molar-refractivity contribution in [2.75, 3.05) is 138 Å². The Morgan fingerprint density at radius 3 is 1.52 bits per heavy atom. The molecular weight excluding hydrogens is 855 g/mol. The van der Waals surface area contributed by atoms with Crippen LogP contribution in [0.3, 0.4) is 0 Å². The molecule has 1 rings (SSSR count). The summed E-state index contributed by atoms with van der Waals surface area (Å²) in [6.45, 7) is 12.5. The zero-order valence-corrected chi connectivity index (χ0v) is 38.7. The van der Waals surface area contributed by atoms with E-state index in [9.17, 15) is 28.8 Å². The Labute approximate surface area is 383 Å². The Balaban J connectivity index is 2.12. The number of nitrogens with one attached hydrogen (secondary N) is 6. The van der Waals surface area contributed by atoms with Gasteiger partial charge in [0.1, 0.15) is 18.7 Å². The lowest BCUT2D eigenvalue weighted by Gasteiger charge is -2.25. The maximum absolute atomic E-state index is 13.4. The third-order valence-corrected chi connectivity index (χ3v) is 8.78. The highest BCUT2D eigenvalue weighted by Crippen LogP contribution is 2.13. The van der Waals surface area contributed by atoms with Crippen LogP contribution < -0.4 is 37.6 Å². The van der Waals surface area contributed by atoms with E-state index < -0.39 is 41.8 Å². The van der Waals surface area contributed by atoms with Crippen LogP contribution >= 0.6 is 0 Å². The van der Waals surface area contributed by atoms with Gasteiger partial charge in [0.15, 0.2) is 0 Å². The van der Waals surface area contributed by atoms with Gasteiger partial charge in [-0.2, -0.15) is 0 Å². The Hall–Kier alpha value is -4.52. The minimum atomic E-state index is -0.995. The number of esters is 1. The van der Waals surface area contributed by atoms with Crippen molar-refractivity contribution in [1.82, 2.24) is 26.6 Å². The average molecular weight is 930 g/mol. The van der Waals surface area contributed by atoms with Gasteiger partial charge in [0, 0.05) is 45.1 Å². The second-order valence-corrected chi connectivity index (χ2v) is 14.6. The molecule has 0 radical (unpaired) electrons. The van der Waals surface area contributed by atoms with Gasteiger partial charge >= 0.3 is 12.0 Å². The molecule has 0 fully saturated rings. The lowest BCUT2D eigenvalue weighted by Crippen LogP contribution is -2.54. The van der Waals surface area contributed by atoms with Crippen LogP contribution in [0.2, 0.25) is 0 Å². The molecule has 0 saturated carbocycles. The fraction of sp³-hybridized carbons (Fsp3) is 0.721. The van der Waals surface area contributed by atoms with E-state index in [1.54, 1.807) is 45.2 Å². The van der Waals surface area contributed by atoms with Crippen molar-refractivity contribution in [2.45, 2.75) is 65.1 Å². The molecule has 1 aromatic carbocycles. The number of carbonyl (C=O) groups excluding carboxylic acids is 6. The van der Waals surface area contributed by atoms with E-state index in [4.69, 9.17) is 48.4 Å². The highest BCUT2D eigenvalue weighted by Gasteiger charge is 2.29. The van der Waals surface area contributed by atoms with E-state index >= 15 is 0 Å². The predicted molar refractivity (Wildman–Crippen MR) is 239 cm³/mol. The van der Waals surface area contributed by atoms with Gasteiger partial charge in [-0.3, -0.25) is 24.0 Å². The molecular formula is C43H75N7O15. The van der Waals surface area contributed by atoms with Crippen LogP contribution in [0.4, 0.5) is 10.5 Å². The molecule has 0 aliphatic heterocycles. The second-order valence-electron chi connectivity index (χ2n) is 14.6. The monoisotopic (exact) mass is 930 g/mol. The number of amides is 6. The highest BCUT2D eigenvalue weighted by molar-refractivity contribution is 5.98. The number of carbonyl (C=O) groups is 6. The third-order valence-electron chi connectivity index (χ3n) is 8.78. The maximum atomic E-state index is 13.4. The first kappa shape index (κ1) is 58.5. The standard InChI is InChI=1S/C43H75N7O15/c1-33(2)40(42(55)49-37(6-5-13-47-43(44)56)41(54)48-36-9-7-35(8-10-36)32-65-34(3)51)50-39(53)12-16-57-18-20-59-22-24-61-26-28-63-30-31-64-29-27-62-25-23-60-21-19-58-17-15-46-38(52)11-14-45-4/h7-10,33,37,40,45H,5-6,11-32H2,1-4H3,(H,46,52)(H,48,54)(H,49,55)(H,50,53)(H3,44,47,56)/t37-,40-/m0/s1. The van der Waals surface area contributed by atoms with Crippen LogP contribution in [-0.2, 0) is 73.2 Å². The molecule has 0 aromatic heterocycles. The molecule has 8 N–H and O–H groups in total. The minimum absolute atomic E-state index is 0.00357. The Kier molecular flexibility index (Phi) is 35.8. The van der Waals surface area contributed by atoms with Crippen LogP contribution in [0.15, 0.2) is 24.3 Å². The number of benzene rings is 1. The van der Waals surface area contributed by atoms with Gasteiger partial charge in [0.05, 0.1) is 106 Å². The number of primary amides is 1. The van der Waals surface area contributed by atoms with Crippen LogP contribution in [0.5, 0.6) is 0 Å². The molecule has 22 heteroatoms. The zero-order valence-electron chi connectivity index (χ0n) is 38.7. The summed E-state index contributed by atoms with van der Waals surface area (Å²) in [5.74, 6) is -2.16. The normalized spacial score (nSPS) is 12.0. The lowest BCUT2D eigenvalue weighted by molar-refractivity contribution is -0.142. The van der Waals surface area contributed by atoms with Crippen LogP contribution in [0.1, 0.15) is 52.0 Å². The number of hydrogen-bond acceptors (Lipinski definition) is 16. The van der Waals surface area contributed by atoms with Gasteiger partial charge in [0.2, 0.25) is 23.6 Å². The Morgan fingerprint density at radius 2 is 1.06 bits per heavy atom. The molecule has 0 aliphatic rings. The first-order chi connectivity index (χ1) is 31.4. The summed E-state index contributed by atoms with van der Waals surface area (Å²) in [7, 11) is 1.80. The van der Waals surface area contributed by atoms with Gasteiger partial charge in [0.25, 0.3) is 0 Å². The van der Waals surface area contributed by atoms with Crippen LogP contribution in [-0.4, -0.2) is 180 Å².